The summed E-state index contributed by atoms with van der Waals surface area (Å²) in [5, 5.41) is 3.37. The number of hydrogen-bond donors (Lipinski definition) is 1. The number of halogens is 1. The second-order valence-corrected chi connectivity index (χ2v) is 5.92. The van der Waals surface area contributed by atoms with Gasteiger partial charge in [-0.1, -0.05) is 26.0 Å². The van der Waals surface area contributed by atoms with Gasteiger partial charge in [0, 0.05) is 16.7 Å². The SMILES string of the molecule is CNC(Cc1ccc(I)cc1)C(OC)C(C)C. The Bertz CT molecular complexity index is 323. The van der Waals surface area contributed by atoms with Crippen molar-refractivity contribution in [3.05, 3.63) is 33.4 Å². The van der Waals surface area contributed by atoms with Crippen LogP contribution in [0, 0.1) is 9.49 Å². The summed E-state index contributed by atoms with van der Waals surface area (Å²) in [5.41, 5.74) is 1.35. The van der Waals surface area contributed by atoms with Crippen molar-refractivity contribution in [2.24, 2.45) is 5.92 Å². The van der Waals surface area contributed by atoms with Gasteiger partial charge >= 0.3 is 0 Å². The fourth-order valence-corrected chi connectivity index (χ4v) is 2.52. The molecule has 1 aromatic carbocycles. The van der Waals surface area contributed by atoms with Gasteiger partial charge in [-0.3, -0.25) is 0 Å². The van der Waals surface area contributed by atoms with Crippen molar-refractivity contribution in [3.63, 3.8) is 0 Å². The molecule has 0 saturated heterocycles. The van der Waals surface area contributed by atoms with Crippen LogP contribution in [-0.4, -0.2) is 26.3 Å². The van der Waals surface area contributed by atoms with Crippen molar-refractivity contribution in [3.8, 4) is 0 Å². The van der Waals surface area contributed by atoms with E-state index in [1.54, 1.807) is 7.11 Å². The lowest BCUT2D eigenvalue weighted by atomic mass is 9.94. The van der Waals surface area contributed by atoms with Crippen molar-refractivity contribution < 1.29 is 4.74 Å². The van der Waals surface area contributed by atoms with Crippen LogP contribution in [0.2, 0.25) is 0 Å². The number of hydrogen-bond acceptors (Lipinski definition) is 2. The fourth-order valence-electron chi connectivity index (χ4n) is 2.16. The Balaban J connectivity index is 2.71. The predicted molar refractivity (Wildman–Crippen MR) is 81.3 cm³/mol. The summed E-state index contributed by atoms with van der Waals surface area (Å²) < 4.78 is 6.87. The first-order valence-corrected chi connectivity index (χ1v) is 7.10. The Morgan fingerprint density at radius 3 is 2.24 bits per heavy atom. The number of nitrogens with one attached hydrogen (secondary N) is 1. The van der Waals surface area contributed by atoms with Gasteiger partial charge in [-0.05, 0) is 59.7 Å². The van der Waals surface area contributed by atoms with Crippen LogP contribution in [0.1, 0.15) is 19.4 Å². The molecule has 1 aromatic rings. The molecule has 96 valence electrons. The number of ether oxygens (including phenoxy) is 1. The zero-order valence-corrected chi connectivity index (χ0v) is 13.2. The molecule has 2 atom stereocenters. The molecule has 1 N–H and O–H groups in total. The summed E-state index contributed by atoms with van der Waals surface area (Å²) in [7, 11) is 3.80. The molecule has 3 heteroatoms. The van der Waals surface area contributed by atoms with E-state index in [1.165, 1.54) is 9.13 Å². The first-order valence-electron chi connectivity index (χ1n) is 6.03. The molecule has 0 aliphatic rings. The summed E-state index contributed by atoms with van der Waals surface area (Å²) in [4.78, 5) is 0. The first kappa shape index (κ1) is 14.9. The third-order valence-electron chi connectivity index (χ3n) is 3.07. The van der Waals surface area contributed by atoms with Gasteiger partial charge in [0.25, 0.3) is 0 Å². The molecule has 0 bridgehead atoms. The van der Waals surface area contributed by atoms with Crippen LogP contribution >= 0.6 is 22.6 Å². The molecule has 0 heterocycles. The summed E-state index contributed by atoms with van der Waals surface area (Å²) in [6.07, 6.45) is 1.25. The van der Waals surface area contributed by atoms with E-state index >= 15 is 0 Å². The summed E-state index contributed by atoms with van der Waals surface area (Å²) in [6.45, 7) is 4.40. The Morgan fingerprint density at radius 1 is 1.24 bits per heavy atom. The van der Waals surface area contributed by atoms with Crippen molar-refractivity contribution in [1.82, 2.24) is 5.32 Å². The molecule has 0 radical (unpaired) electrons. The van der Waals surface area contributed by atoms with Crippen molar-refractivity contribution >= 4 is 22.6 Å². The van der Waals surface area contributed by atoms with Gasteiger partial charge < -0.3 is 10.1 Å². The van der Waals surface area contributed by atoms with Crippen molar-refractivity contribution in [2.45, 2.75) is 32.4 Å². The van der Waals surface area contributed by atoms with E-state index in [-0.39, 0.29) is 6.10 Å². The minimum absolute atomic E-state index is 0.249. The van der Waals surface area contributed by atoms with Crippen LogP contribution in [0.3, 0.4) is 0 Å². The van der Waals surface area contributed by atoms with Crippen LogP contribution in [-0.2, 0) is 11.2 Å². The maximum Gasteiger partial charge on any atom is 0.0750 e. The van der Waals surface area contributed by atoms with Crippen LogP contribution < -0.4 is 5.32 Å². The summed E-state index contributed by atoms with van der Waals surface area (Å²) >= 11 is 2.33. The predicted octanol–water partition coefficient (Wildman–Crippen LogP) is 3.09. The highest BCUT2D eigenvalue weighted by Crippen LogP contribution is 2.15. The van der Waals surface area contributed by atoms with E-state index in [1.807, 2.05) is 7.05 Å². The third kappa shape index (κ3) is 4.56. The zero-order chi connectivity index (χ0) is 12.8. The van der Waals surface area contributed by atoms with Crippen LogP contribution in [0.5, 0.6) is 0 Å². The van der Waals surface area contributed by atoms with Crippen LogP contribution in [0.25, 0.3) is 0 Å². The van der Waals surface area contributed by atoms with E-state index in [2.05, 4.69) is 66.0 Å². The molecule has 1 rings (SSSR count). The Labute approximate surface area is 118 Å². The summed E-state index contributed by atoms with van der Waals surface area (Å²) in [5.74, 6) is 0.515. The Kier molecular flexibility index (Phi) is 6.44. The molecule has 2 nitrogen and oxygen atoms in total. The van der Waals surface area contributed by atoms with E-state index < -0.39 is 0 Å². The monoisotopic (exact) mass is 347 g/mol. The second-order valence-electron chi connectivity index (χ2n) is 4.67. The second kappa shape index (κ2) is 7.34. The maximum atomic E-state index is 5.60. The molecule has 17 heavy (non-hydrogen) atoms. The molecular formula is C14H22INO. The molecule has 0 aliphatic carbocycles. The molecule has 0 fully saturated rings. The van der Waals surface area contributed by atoms with Gasteiger partial charge in [0.1, 0.15) is 0 Å². The van der Waals surface area contributed by atoms with Gasteiger partial charge in [0.2, 0.25) is 0 Å². The lowest BCUT2D eigenvalue weighted by molar-refractivity contribution is 0.0354. The largest absolute Gasteiger partial charge is 0.380 e. The highest BCUT2D eigenvalue weighted by molar-refractivity contribution is 14.1. The average Bonchev–Trinajstić information content (AvgIpc) is 2.31. The minimum Gasteiger partial charge on any atom is -0.380 e. The molecule has 0 amide bonds. The van der Waals surface area contributed by atoms with Crippen LogP contribution in [0.15, 0.2) is 24.3 Å². The molecule has 0 saturated carbocycles. The van der Waals surface area contributed by atoms with Gasteiger partial charge in [0.15, 0.2) is 0 Å². The lowest BCUT2D eigenvalue weighted by Gasteiger charge is -2.29. The summed E-state index contributed by atoms with van der Waals surface area (Å²) in [6, 6.07) is 9.05. The highest BCUT2D eigenvalue weighted by atomic mass is 127. The van der Waals surface area contributed by atoms with Crippen molar-refractivity contribution in [2.75, 3.05) is 14.2 Å². The molecule has 0 spiro atoms. The van der Waals surface area contributed by atoms with E-state index in [0.29, 0.717) is 12.0 Å². The van der Waals surface area contributed by atoms with E-state index in [4.69, 9.17) is 4.74 Å². The van der Waals surface area contributed by atoms with Gasteiger partial charge in [-0.15, -0.1) is 0 Å². The standard InChI is InChI=1S/C14H22INO/c1-10(2)14(17-4)13(16-3)9-11-5-7-12(15)8-6-11/h5-8,10,13-14,16H,9H2,1-4H3. The number of methoxy groups -OCH3 is 1. The number of rotatable bonds is 6. The quantitative estimate of drug-likeness (QED) is 0.799. The zero-order valence-electron chi connectivity index (χ0n) is 11.0. The van der Waals surface area contributed by atoms with Gasteiger partial charge in [0.05, 0.1) is 6.10 Å². The molecule has 2 unspecified atom stereocenters. The van der Waals surface area contributed by atoms with Crippen molar-refractivity contribution in [1.29, 1.82) is 0 Å². The Hall–Kier alpha value is -0.130. The van der Waals surface area contributed by atoms with E-state index in [9.17, 15) is 0 Å². The fraction of sp³-hybridized carbons (Fsp3) is 0.571. The van der Waals surface area contributed by atoms with Gasteiger partial charge in [-0.2, -0.15) is 0 Å². The lowest BCUT2D eigenvalue weighted by Crippen LogP contribution is -2.43. The number of likely N-dealkylation sites (N-methyl/N-ethyl adjacent to an activating group) is 1. The topological polar surface area (TPSA) is 21.3 Å². The highest BCUT2D eigenvalue weighted by Gasteiger charge is 2.22. The third-order valence-corrected chi connectivity index (χ3v) is 3.78. The van der Waals surface area contributed by atoms with Crippen LogP contribution in [0.4, 0.5) is 0 Å². The van der Waals surface area contributed by atoms with E-state index in [0.717, 1.165) is 6.42 Å². The molecule has 0 aromatic heterocycles. The minimum atomic E-state index is 0.249. The average molecular weight is 347 g/mol. The molecule has 0 aliphatic heterocycles. The number of benzene rings is 1. The normalized spacial score (nSPS) is 14.9. The molecular weight excluding hydrogens is 325 g/mol. The smallest absolute Gasteiger partial charge is 0.0750 e. The first-order chi connectivity index (χ1) is 8.08. The van der Waals surface area contributed by atoms with Gasteiger partial charge in [-0.25, -0.2) is 0 Å². The Morgan fingerprint density at radius 2 is 1.82 bits per heavy atom. The maximum absolute atomic E-state index is 5.60.